The van der Waals surface area contributed by atoms with Crippen molar-refractivity contribution in [3.63, 3.8) is 0 Å². The van der Waals surface area contributed by atoms with E-state index in [0.29, 0.717) is 28.6 Å². The van der Waals surface area contributed by atoms with Crippen LogP contribution in [0.5, 0.6) is 11.5 Å². The maximum absolute atomic E-state index is 13.5. The number of likely N-dealkylation sites (tertiary alicyclic amines) is 1. The molecule has 0 spiro atoms. The van der Waals surface area contributed by atoms with Crippen molar-refractivity contribution in [2.45, 2.75) is 25.4 Å². The van der Waals surface area contributed by atoms with E-state index in [1.807, 2.05) is 24.3 Å². The van der Waals surface area contributed by atoms with E-state index < -0.39 is 21.7 Å². The van der Waals surface area contributed by atoms with Gasteiger partial charge in [0.2, 0.25) is 10.0 Å². The number of piperidine rings is 1. The molecule has 2 N–H and O–H groups in total. The number of halogens is 2. The van der Waals surface area contributed by atoms with Gasteiger partial charge in [-0.15, -0.1) is 0 Å². The fourth-order valence-corrected chi connectivity index (χ4v) is 5.47. The largest absolute Gasteiger partial charge is 0.457 e. The molecule has 1 saturated heterocycles. The molecule has 0 unspecified atom stereocenters. The fourth-order valence-electron chi connectivity index (χ4n) is 4.90. The van der Waals surface area contributed by atoms with Gasteiger partial charge in [0.1, 0.15) is 23.1 Å². The molecule has 1 aliphatic rings. The highest BCUT2D eigenvalue weighted by molar-refractivity contribution is 7.92. The number of benzene rings is 4. The smallest absolute Gasteiger partial charge is 0.326 e. The van der Waals surface area contributed by atoms with Gasteiger partial charge in [-0.1, -0.05) is 12.1 Å². The molecular formula is C32H32F2N4O4S. The summed E-state index contributed by atoms with van der Waals surface area (Å²) in [5.74, 6) is 0.441. The number of rotatable bonds is 9. The van der Waals surface area contributed by atoms with E-state index >= 15 is 0 Å². The Morgan fingerprint density at radius 2 is 1.30 bits per heavy atom. The van der Waals surface area contributed by atoms with Crippen molar-refractivity contribution >= 4 is 33.1 Å². The summed E-state index contributed by atoms with van der Waals surface area (Å²) in [5, 5.41) is 3.10. The molecule has 1 aliphatic heterocycles. The summed E-state index contributed by atoms with van der Waals surface area (Å²) in [5.41, 5.74) is 2.56. The minimum atomic E-state index is -3.34. The Morgan fingerprint density at radius 3 is 1.79 bits per heavy atom. The first-order valence-corrected chi connectivity index (χ1v) is 15.7. The van der Waals surface area contributed by atoms with Gasteiger partial charge in [0.05, 0.1) is 17.6 Å². The zero-order valence-corrected chi connectivity index (χ0v) is 24.4. The average molecular weight is 607 g/mol. The van der Waals surface area contributed by atoms with Crippen LogP contribution in [-0.4, -0.2) is 44.7 Å². The second kappa shape index (κ2) is 13.2. The monoisotopic (exact) mass is 606 g/mol. The molecule has 2 amide bonds. The Balaban J connectivity index is 1.13. The molecule has 224 valence electrons. The third kappa shape index (κ3) is 8.52. The lowest BCUT2D eigenvalue weighted by Crippen LogP contribution is -2.48. The van der Waals surface area contributed by atoms with Gasteiger partial charge in [-0.05, 0) is 103 Å². The van der Waals surface area contributed by atoms with Crippen molar-refractivity contribution in [1.82, 2.24) is 10.2 Å². The lowest BCUT2D eigenvalue weighted by Gasteiger charge is -2.34. The number of urea groups is 1. The van der Waals surface area contributed by atoms with E-state index in [4.69, 9.17) is 4.74 Å². The number of ether oxygens (including phenoxy) is 1. The van der Waals surface area contributed by atoms with E-state index in [2.05, 4.69) is 14.9 Å². The summed E-state index contributed by atoms with van der Waals surface area (Å²) in [7, 11) is -3.34. The van der Waals surface area contributed by atoms with Crippen molar-refractivity contribution < 1.29 is 26.7 Å². The minimum absolute atomic E-state index is 0.0399. The molecule has 5 rings (SSSR count). The van der Waals surface area contributed by atoms with Gasteiger partial charge >= 0.3 is 6.03 Å². The number of carbonyl (C=O) groups is 1. The number of amides is 2. The third-order valence-corrected chi connectivity index (χ3v) is 7.62. The number of nitrogens with one attached hydrogen (secondary N) is 2. The number of anilines is 3. The Labute approximate surface area is 250 Å². The molecule has 1 fully saturated rings. The van der Waals surface area contributed by atoms with E-state index in [9.17, 15) is 22.0 Å². The number of sulfonamides is 1. The van der Waals surface area contributed by atoms with Gasteiger partial charge in [0.25, 0.3) is 0 Å². The topological polar surface area (TPSA) is 91.0 Å². The predicted octanol–water partition coefficient (Wildman–Crippen LogP) is 6.64. The highest BCUT2D eigenvalue weighted by Gasteiger charge is 2.25. The first-order valence-electron chi connectivity index (χ1n) is 13.8. The Hall–Kier alpha value is -4.48. The lowest BCUT2D eigenvalue weighted by molar-refractivity contribution is 0.189. The summed E-state index contributed by atoms with van der Waals surface area (Å²) in [6, 6.07) is 25.3. The molecule has 0 saturated carbocycles. The highest BCUT2D eigenvalue weighted by Crippen LogP contribution is 2.27. The maximum atomic E-state index is 13.5. The summed E-state index contributed by atoms with van der Waals surface area (Å²) in [6.45, 7) is 2.35. The maximum Gasteiger partial charge on any atom is 0.326 e. The fraction of sp³-hybridized carbons (Fsp3) is 0.219. The number of hydrogen-bond donors (Lipinski definition) is 2. The summed E-state index contributed by atoms with van der Waals surface area (Å²) < 4.78 is 58.1. The van der Waals surface area contributed by atoms with Gasteiger partial charge in [-0.25, -0.2) is 22.0 Å². The van der Waals surface area contributed by atoms with E-state index in [1.54, 1.807) is 24.3 Å². The highest BCUT2D eigenvalue weighted by atomic mass is 32.2. The standard InChI is InChI=1S/C32H32F2N4O4S/c1-43(40,41)36-27-8-16-31(17-9-27)42-30-14-2-23(3-15-30)22-37-20-18-26(19-21-37)35-32(39)38(28-10-4-24(33)5-11-28)29-12-6-25(34)7-13-29/h2-17,26,36H,18-22H2,1H3,(H,35,39). The zero-order chi connectivity index (χ0) is 30.4. The van der Waals surface area contributed by atoms with Crippen LogP contribution in [0.25, 0.3) is 0 Å². The van der Waals surface area contributed by atoms with Crippen LogP contribution >= 0.6 is 0 Å². The van der Waals surface area contributed by atoms with E-state index in [0.717, 1.165) is 44.3 Å². The summed E-state index contributed by atoms with van der Waals surface area (Å²) in [6.07, 6.45) is 2.62. The first kappa shape index (κ1) is 30.0. The molecule has 4 aromatic rings. The van der Waals surface area contributed by atoms with Crippen LogP contribution in [0.3, 0.4) is 0 Å². The van der Waals surface area contributed by atoms with Gasteiger partial charge < -0.3 is 10.1 Å². The van der Waals surface area contributed by atoms with Gasteiger partial charge in [0.15, 0.2) is 0 Å². The van der Waals surface area contributed by atoms with Crippen LogP contribution in [0.15, 0.2) is 97.1 Å². The molecule has 0 aromatic heterocycles. The van der Waals surface area contributed by atoms with Crippen LogP contribution in [0.2, 0.25) is 0 Å². The van der Waals surface area contributed by atoms with Crippen LogP contribution in [0.1, 0.15) is 18.4 Å². The molecule has 1 heterocycles. The second-order valence-corrected chi connectivity index (χ2v) is 12.2. The first-order chi connectivity index (χ1) is 20.6. The van der Waals surface area contributed by atoms with Crippen molar-refractivity contribution in [3.8, 4) is 11.5 Å². The van der Waals surface area contributed by atoms with Gasteiger partial charge in [-0.3, -0.25) is 14.5 Å². The number of hydrogen-bond acceptors (Lipinski definition) is 5. The third-order valence-electron chi connectivity index (χ3n) is 7.01. The molecule has 0 atom stereocenters. The van der Waals surface area contributed by atoms with Crippen molar-refractivity contribution in [1.29, 1.82) is 0 Å². The normalized spacial score (nSPS) is 14.2. The zero-order valence-electron chi connectivity index (χ0n) is 23.5. The minimum Gasteiger partial charge on any atom is -0.457 e. The summed E-state index contributed by atoms with van der Waals surface area (Å²) in [4.78, 5) is 17.1. The molecular weight excluding hydrogens is 574 g/mol. The van der Waals surface area contributed by atoms with Gasteiger partial charge in [0, 0.05) is 31.4 Å². The molecule has 4 aromatic carbocycles. The van der Waals surface area contributed by atoms with Crippen LogP contribution in [0, 0.1) is 11.6 Å². The molecule has 11 heteroatoms. The van der Waals surface area contributed by atoms with Crippen LogP contribution in [0.4, 0.5) is 30.6 Å². The Morgan fingerprint density at radius 1 is 0.814 bits per heavy atom. The molecule has 43 heavy (non-hydrogen) atoms. The van der Waals surface area contributed by atoms with Gasteiger partial charge in [-0.2, -0.15) is 0 Å². The van der Waals surface area contributed by atoms with Crippen LogP contribution in [-0.2, 0) is 16.6 Å². The number of nitrogens with zero attached hydrogens (tertiary/aromatic N) is 2. The van der Waals surface area contributed by atoms with Crippen molar-refractivity contribution in [2.75, 3.05) is 29.0 Å². The molecule has 0 radical (unpaired) electrons. The molecule has 8 nitrogen and oxygen atoms in total. The van der Waals surface area contributed by atoms with Crippen molar-refractivity contribution in [2.24, 2.45) is 0 Å². The van der Waals surface area contributed by atoms with Crippen molar-refractivity contribution in [3.05, 3.63) is 114 Å². The Kier molecular flexibility index (Phi) is 9.22. The molecule has 0 aliphatic carbocycles. The second-order valence-electron chi connectivity index (χ2n) is 10.4. The quantitative estimate of drug-likeness (QED) is 0.223. The Bertz CT molecular complexity index is 1580. The predicted molar refractivity (Wildman–Crippen MR) is 163 cm³/mol. The van der Waals surface area contributed by atoms with E-state index in [1.165, 1.54) is 53.4 Å². The SMILES string of the molecule is CS(=O)(=O)Nc1ccc(Oc2ccc(CN3CCC(NC(=O)N(c4ccc(F)cc4)c4ccc(F)cc4)CC3)cc2)cc1. The molecule has 0 bridgehead atoms. The van der Waals surface area contributed by atoms with Crippen LogP contribution < -0.4 is 19.7 Å². The number of carbonyl (C=O) groups excluding carboxylic acids is 1. The summed E-state index contributed by atoms with van der Waals surface area (Å²) >= 11 is 0. The average Bonchev–Trinajstić information content (AvgIpc) is 2.97. The van der Waals surface area contributed by atoms with E-state index in [-0.39, 0.29) is 12.1 Å². The lowest BCUT2D eigenvalue weighted by atomic mass is 10.0.